The predicted octanol–water partition coefficient (Wildman–Crippen LogP) is -1.16. The van der Waals surface area contributed by atoms with Gasteiger partial charge in [0.25, 0.3) is 10.0 Å². The van der Waals surface area contributed by atoms with E-state index < -0.39 is 33.9 Å². The second kappa shape index (κ2) is 3.89. The Bertz CT molecular complexity index is 590. The summed E-state index contributed by atoms with van der Waals surface area (Å²) < 4.78 is 25.4. The lowest BCUT2D eigenvalue weighted by atomic mass is 10.0. The van der Waals surface area contributed by atoms with Gasteiger partial charge in [0.2, 0.25) is 11.8 Å². The topological polar surface area (TPSA) is 112 Å². The van der Waals surface area contributed by atoms with E-state index in [2.05, 4.69) is 15.3 Å². The molecule has 2 amide bonds. The van der Waals surface area contributed by atoms with E-state index in [1.807, 2.05) is 0 Å². The molecule has 1 aromatic heterocycles. The molecule has 98 valence electrons. The van der Waals surface area contributed by atoms with E-state index in [1.54, 1.807) is 0 Å². The van der Waals surface area contributed by atoms with Gasteiger partial charge in [-0.3, -0.25) is 14.9 Å². The van der Waals surface area contributed by atoms with Crippen LogP contribution in [0.25, 0.3) is 0 Å². The summed E-state index contributed by atoms with van der Waals surface area (Å²) in [5.41, 5.74) is -1.34. The molecular formula is C9H12N4O4S. The van der Waals surface area contributed by atoms with Gasteiger partial charge in [0, 0.05) is 0 Å². The smallest absolute Gasteiger partial charge is 0.261 e. The number of carbonyl (C=O) groups excluding carboxylic acids is 2. The number of imidazole rings is 1. The monoisotopic (exact) mass is 272 g/mol. The number of carbonyl (C=O) groups is 2. The molecule has 18 heavy (non-hydrogen) atoms. The van der Waals surface area contributed by atoms with Crippen LogP contribution < -0.4 is 5.32 Å². The average Bonchev–Trinajstić information content (AvgIpc) is 2.77. The van der Waals surface area contributed by atoms with Crippen molar-refractivity contribution in [2.75, 3.05) is 6.54 Å². The van der Waals surface area contributed by atoms with E-state index in [4.69, 9.17) is 0 Å². The Labute approximate surface area is 103 Å². The molecule has 1 aliphatic rings. The van der Waals surface area contributed by atoms with Gasteiger partial charge < -0.3 is 4.98 Å². The van der Waals surface area contributed by atoms with Gasteiger partial charge in [-0.05, 0) is 13.8 Å². The SMILES string of the molecule is CC1(C)C(=O)NC(=O)CN1S(=O)(=O)c1cnc[nH]1. The minimum absolute atomic E-state index is 0.155. The number of amides is 2. The lowest BCUT2D eigenvalue weighted by molar-refractivity contribution is -0.141. The first kappa shape index (κ1) is 12.7. The van der Waals surface area contributed by atoms with Crippen molar-refractivity contribution in [2.24, 2.45) is 0 Å². The Kier molecular flexibility index (Phi) is 2.74. The lowest BCUT2D eigenvalue weighted by Gasteiger charge is -2.38. The normalized spacial score (nSPS) is 20.8. The number of aromatic amines is 1. The highest BCUT2D eigenvalue weighted by atomic mass is 32.2. The number of imide groups is 1. The molecule has 0 spiro atoms. The van der Waals surface area contributed by atoms with Crippen molar-refractivity contribution in [3.63, 3.8) is 0 Å². The number of rotatable bonds is 2. The largest absolute Gasteiger partial charge is 0.335 e. The van der Waals surface area contributed by atoms with E-state index in [0.29, 0.717) is 0 Å². The molecule has 0 unspecified atom stereocenters. The Morgan fingerprint density at radius 2 is 2.06 bits per heavy atom. The first-order chi connectivity index (χ1) is 8.26. The van der Waals surface area contributed by atoms with Crippen LogP contribution in [-0.4, -0.2) is 46.6 Å². The van der Waals surface area contributed by atoms with Gasteiger partial charge in [-0.25, -0.2) is 13.4 Å². The van der Waals surface area contributed by atoms with Crippen LogP contribution in [0.4, 0.5) is 0 Å². The minimum Gasteiger partial charge on any atom is -0.335 e. The zero-order chi connectivity index (χ0) is 13.6. The van der Waals surface area contributed by atoms with Crippen molar-refractivity contribution in [3.05, 3.63) is 12.5 Å². The molecule has 8 nitrogen and oxygen atoms in total. The summed E-state index contributed by atoms with van der Waals surface area (Å²) in [6, 6.07) is 0. The predicted molar refractivity (Wildman–Crippen MR) is 59.7 cm³/mol. The second-order valence-corrected chi connectivity index (χ2v) is 6.19. The van der Waals surface area contributed by atoms with E-state index in [-0.39, 0.29) is 5.03 Å². The maximum atomic E-state index is 12.3. The molecule has 2 N–H and O–H groups in total. The van der Waals surface area contributed by atoms with Crippen LogP contribution in [0.1, 0.15) is 13.8 Å². The quantitative estimate of drug-likeness (QED) is 0.659. The third-order valence-electron chi connectivity index (χ3n) is 2.76. The second-order valence-electron chi connectivity index (χ2n) is 4.36. The molecule has 0 aliphatic carbocycles. The van der Waals surface area contributed by atoms with Gasteiger partial charge in [0.05, 0.1) is 19.1 Å². The summed E-state index contributed by atoms with van der Waals surface area (Å²) in [5, 5.41) is 1.95. The molecule has 0 radical (unpaired) electrons. The van der Waals surface area contributed by atoms with E-state index >= 15 is 0 Å². The third-order valence-corrected chi connectivity index (χ3v) is 4.71. The molecule has 0 atom stereocenters. The van der Waals surface area contributed by atoms with E-state index in [9.17, 15) is 18.0 Å². The maximum Gasteiger partial charge on any atom is 0.261 e. The number of sulfonamides is 1. The van der Waals surface area contributed by atoms with Crippen LogP contribution in [0.3, 0.4) is 0 Å². The Morgan fingerprint density at radius 3 is 2.61 bits per heavy atom. The number of nitrogens with one attached hydrogen (secondary N) is 2. The highest BCUT2D eigenvalue weighted by molar-refractivity contribution is 7.89. The molecule has 1 aromatic rings. The fourth-order valence-corrected chi connectivity index (χ4v) is 3.25. The van der Waals surface area contributed by atoms with Crippen LogP contribution in [-0.2, 0) is 19.6 Å². The van der Waals surface area contributed by atoms with Crippen molar-refractivity contribution < 1.29 is 18.0 Å². The summed E-state index contributed by atoms with van der Waals surface area (Å²) in [5.74, 6) is -1.30. The highest BCUT2D eigenvalue weighted by Crippen LogP contribution is 2.25. The Balaban J connectivity index is 2.49. The molecule has 0 saturated carbocycles. The first-order valence-corrected chi connectivity index (χ1v) is 6.56. The zero-order valence-corrected chi connectivity index (χ0v) is 10.6. The van der Waals surface area contributed by atoms with Crippen LogP contribution in [0, 0.1) is 0 Å². The number of hydrogen-bond donors (Lipinski definition) is 2. The standard InChI is InChI=1S/C9H12N4O4S/c1-9(2)8(15)12-6(14)4-13(9)18(16,17)7-3-10-5-11-7/h3,5H,4H2,1-2H3,(H,10,11)(H,12,14,15). The molecule has 1 saturated heterocycles. The van der Waals surface area contributed by atoms with Gasteiger partial charge in [0.15, 0.2) is 5.03 Å². The zero-order valence-electron chi connectivity index (χ0n) is 9.80. The summed E-state index contributed by atoms with van der Waals surface area (Å²) in [6.07, 6.45) is 2.34. The summed E-state index contributed by atoms with van der Waals surface area (Å²) in [4.78, 5) is 29.1. The fraction of sp³-hybridized carbons (Fsp3) is 0.444. The summed E-state index contributed by atoms with van der Waals surface area (Å²) >= 11 is 0. The van der Waals surface area contributed by atoms with E-state index in [0.717, 1.165) is 10.5 Å². The Hall–Kier alpha value is -1.74. The number of aromatic nitrogens is 2. The fourth-order valence-electron chi connectivity index (χ4n) is 1.65. The summed E-state index contributed by atoms with van der Waals surface area (Å²) in [7, 11) is -3.96. The van der Waals surface area contributed by atoms with Crippen molar-refractivity contribution in [2.45, 2.75) is 24.4 Å². The van der Waals surface area contributed by atoms with Crippen LogP contribution in [0.15, 0.2) is 17.6 Å². The van der Waals surface area contributed by atoms with Crippen molar-refractivity contribution in [1.29, 1.82) is 0 Å². The number of nitrogens with zero attached hydrogens (tertiary/aromatic N) is 2. The van der Waals surface area contributed by atoms with Crippen molar-refractivity contribution in [3.8, 4) is 0 Å². The first-order valence-electron chi connectivity index (χ1n) is 5.12. The van der Waals surface area contributed by atoms with Gasteiger partial charge in [0.1, 0.15) is 5.54 Å². The van der Waals surface area contributed by atoms with Gasteiger partial charge >= 0.3 is 0 Å². The number of piperazine rings is 1. The molecule has 0 aromatic carbocycles. The van der Waals surface area contributed by atoms with E-state index in [1.165, 1.54) is 20.2 Å². The van der Waals surface area contributed by atoms with Gasteiger partial charge in [-0.2, -0.15) is 4.31 Å². The number of hydrogen-bond acceptors (Lipinski definition) is 5. The van der Waals surface area contributed by atoms with Crippen molar-refractivity contribution >= 4 is 21.8 Å². The van der Waals surface area contributed by atoms with Crippen molar-refractivity contribution in [1.82, 2.24) is 19.6 Å². The third kappa shape index (κ3) is 1.81. The average molecular weight is 272 g/mol. The van der Waals surface area contributed by atoms with Gasteiger partial charge in [-0.1, -0.05) is 0 Å². The van der Waals surface area contributed by atoms with Gasteiger partial charge in [-0.15, -0.1) is 0 Å². The Morgan fingerprint density at radius 1 is 1.39 bits per heavy atom. The molecule has 2 rings (SSSR count). The molecular weight excluding hydrogens is 260 g/mol. The minimum atomic E-state index is -3.96. The van der Waals surface area contributed by atoms with Crippen LogP contribution >= 0.6 is 0 Å². The summed E-state index contributed by atoms with van der Waals surface area (Å²) in [6.45, 7) is 2.46. The van der Waals surface area contributed by atoms with Crippen LogP contribution in [0.2, 0.25) is 0 Å². The maximum absolute atomic E-state index is 12.3. The molecule has 1 fully saturated rings. The number of H-pyrrole nitrogens is 1. The molecule has 9 heteroatoms. The highest BCUT2D eigenvalue weighted by Gasteiger charge is 2.48. The molecule has 2 heterocycles. The molecule has 1 aliphatic heterocycles. The van der Waals surface area contributed by atoms with Crippen LogP contribution in [0.5, 0.6) is 0 Å². The lowest BCUT2D eigenvalue weighted by Crippen LogP contribution is -2.65. The molecule has 0 bridgehead atoms.